The summed E-state index contributed by atoms with van der Waals surface area (Å²) < 4.78 is 28.2. The van der Waals surface area contributed by atoms with Crippen LogP contribution in [0.15, 0.2) is 17.2 Å². The number of pyridine rings is 1. The Morgan fingerprint density at radius 1 is 1.53 bits per heavy atom. The van der Waals surface area contributed by atoms with Crippen LogP contribution < -0.4 is 9.64 Å². The van der Waals surface area contributed by atoms with Crippen LogP contribution in [0.4, 0.5) is 5.69 Å². The number of likely N-dealkylation sites (N-methyl/N-ethyl adjacent to an activating group) is 1. The molecule has 1 aliphatic heterocycles. The molecule has 0 unspecified atom stereocenters. The number of hydrogen-bond acceptors (Lipinski definition) is 5. The van der Waals surface area contributed by atoms with Crippen molar-refractivity contribution in [2.75, 3.05) is 18.5 Å². The van der Waals surface area contributed by atoms with Gasteiger partial charge in [-0.05, 0) is 18.9 Å². The first kappa shape index (κ1) is 11.1. The zero-order valence-electron chi connectivity index (χ0n) is 9.18. The van der Waals surface area contributed by atoms with Gasteiger partial charge in [0.15, 0.2) is 0 Å². The van der Waals surface area contributed by atoms with Crippen molar-refractivity contribution >= 4 is 25.4 Å². The molecule has 0 saturated heterocycles. The van der Waals surface area contributed by atoms with Gasteiger partial charge in [0.25, 0.3) is 9.05 Å². The van der Waals surface area contributed by atoms with E-state index in [1.165, 1.54) is 12.3 Å². The minimum Gasteiger partial charge on any atom is -0.468 e. The highest BCUT2D eigenvalue weighted by atomic mass is 35.7. The van der Waals surface area contributed by atoms with Gasteiger partial charge in [0, 0.05) is 17.7 Å². The first-order valence-corrected chi connectivity index (χ1v) is 7.55. The molecule has 0 radical (unpaired) electrons. The average Bonchev–Trinajstić information content (AvgIpc) is 2.95. The Hall–Kier alpha value is -1.01. The molecular weight excluding hydrogens is 264 g/mol. The average molecular weight is 275 g/mol. The maximum Gasteiger partial charge on any atom is 0.262 e. The van der Waals surface area contributed by atoms with E-state index in [-0.39, 0.29) is 10.5 Å². The topological polar surface area (TPSA) is 59.5 Å². The van der Waals surface area contributed by atoms with Gasteiger partial charge in [-0.1, -0.05) is 0 Å². The summed E-state index contributed by atoms with van der Waals surface area (Å²) >= 11 is 0. The third-order valence-corrected chi connectivity index (χ3v) is 4.47. The highest BCUT2D eigenvalue weighted by molar-refractivity contribution is 8.13. The molecule has 1 saturated carbocycles. The molecule has 1 spiro atoms. The van der Waals surface area contributed by atoms with Gasteiger partial charge in [-0.15, -0.1) is 0 Å². The number of anilines is 1. The molecule has 1 aromatic rings. The molecule has 3 rings (SSSR count). The van der Waals surface area contributed by atoms with Gasteiger partial charge in [-0.3, -0.25) is 0 Å². The molecule has 2 heterocycles. The van der Waals surface area contributed by atoms with E-state index in [1.807, 2.05) is 11.9 Å². The summed E-state index contributed by atoms with van der Waals surface area (Å²) in [5, 5.41) is 0. The zero-order valence-corrected chi connectivity index (χ0v) is 10.8. The van der Waals surface area contributed by atoms with Gasteiger partial charge >= 0.3 is 0 Å². The summed E-state index contributed by atoms with van der Waals surface area (Å²) in [5.41, 5.74) is 0.570. The number of ether oxygens (including phenoxy) is 1. The maximum absolute atomic E-state index is 11.2. The van der Waals surface area contributed by atoms with Crippen LogP contribution in [0.2, 0.25) is 0 Å². The van der Waals surface area contributed by atoms with Crippen molar-refractivity contribution in [1.82, 2.24) is 4.98 Å². The Morgan fingerprint density at radius 2 is 2.24 bits per heavy atom. The zero-order chi connectivity index (χ0) is 12.3. The van der Waals surface area contributed by atoms with Gasteiger partial charge in [-0.25, -0.2) is 13.4 Å². The lowest BCUT2D eigenvalue weighted by Crippen LogP contribution is -2.39. The van der Waals surface area contributed by atoms with E-state index >= 15 is 0 Å². The van der Waals surface area contributed by atoms with Crippen LogP contribution in [0.1, 0.15) is 12.8 Å². The van der Waals surface area contributed by atoms with E-state index in [0.717, 1.165) is 19.4 Å². The minimum absolute atomic E-state index is 0.000105. The molecule has 1 fully saturated rings. The molecule has 2 aliphatic rings. The quantitative estimate of drug-likeness (QED) is 0.724. The summed E-state index contributed by atoms with van der Waals surface area (Å²) in [6, 6.07) is 1.50. The molecule has 0 aromatic carbocycles. The molecular formula is C10H11ClN2O3S. The fourth-order valence-electron chi connectivity index (χ4n) is 2.06. The lowest BCUT2D eigenvalue weighted by molar-refractivity contribution is 0.165. The van der Waals surface area contributed by atoms with E-state index < -0.39 is 9.05 Å². The molecule has 0 bridgehead atoms. The van der Waals surface area contributed by atoms with Gasteiger partial charge in [0.1, 0.15) is 16.2 Å². The Morgan fingerprint density at radius 3 is 2.82 bits per heavy atom. The molecule has 0 N–H and O–H groups in total. The predicted octanol–water partition coefficient (Wildman–Crippen LogP) is 1.37. The van der Waals surface area contributed by atoms with Crippen LogP contribution in [0.25, 0.3) is 0 Å². The first-order chi connectivity index (χ1) is 7.90. The number of nitrogens with zero attached hydrogens (tertiary/aromatic N) is 2. The standard InChI is InChI=1S/C10H11ClN2O3S/c1-13-6-10(2-3-10)16-9-8(13)4-7(5-12-9)17(11,14)15/h4-5H,2-3,6H2,1H3. The Kier molecular flexibility index (Phi) is 2.13. The summed E-state index contributed by atoms with van der Waals surface area (Å²) in [6.45, 7) is 0.757. The van der Waals surface area contributed by atoms with Crippen molar-refractivity contribution in [3.63, 3.8) is 0 Å². The van der Waals surface area contributed by atoms with Crippen molar-refractivity contribution in [2.45, 2.75) is 23.3 Å². The first-order valence-electron chi connectivity index (χ1n) is 5.25. The molecule has 92 valence electrons. The molecule has 17 heavy (non-hydrogen) atoms. The van der Waals surface area contributed by atoms with Crippen molar-refractivity contribution in [1.29, 1.82) is 0 Å². The van der Waals surface area contributed by atoms with Crippen LogP contribution >= 0.6 is 10.7 Å². The van der Waals surface area contributed by atoms with E-state index in [9.17, 15) is 8.42 Å². The van der Waals surface area contributed by atoms with Crippen molar-refractivity contribution in [3.8, 4) is 5.88 Å². The van der Waals surface area contributed by atoms with Crippen molar-refractivity contribution < 1.29 is 13.2 Å². The molecule has 5 nitrogen and oxygen atoms in total. The highest BCUT2D eigenvalue weighted by Gasteiger charge is 2.50. The third kappa shape index (κ3) is 1.85. The third-order valence-electron chi connectivity index (χ3n) is 3.15. The van der Waals surface area contributed by atoms with E-state index in [4.69, 9.17) is 15.4 Å². The predicted molar refractivity (Wildman–Crippen MR) is 63.1 cm³/mol. The smallest absolute Gasteiger partial charge is 0.262 e. The van der Waals surface area contributed by atoms with Crippen LogP contribution in [-0.2, 0) is 9.05 Å². The lowest BCUT2D eigenvalue weighted by atomic mass is 10.2. The van der Waals surface area contributed by atoms with Gasteiger partial charge in [0.05, 0.1) is 12.7 Å². The number of halogens is 1. The van der Waals surface area contributed by atoms with Crippen molar-refractivity contribution in [3.05, 3.63) is 12.3 Å². The number of aromatic nitrogens is 1. The fourth-order valence-corrected chi connectivity index (χ4v) is 2.75. The molecule has 1 aliphatic carbocycles. The van der Waals surface area contributed by atoms with Gasteiger partial charge in [0.2, 0.25) is 5.88 Å². The van der Waals surface area contributed by atoms with Crippen LogP contribution in [0.3, 0.4) is 0 Å². The largest absolute Gasteiger partial charge is 0.468 e. The van der Waals surface area contributed by atoms with Crippen LogP contribution in [-0.4, -0.2) is 32.6 Å². The molecule has 0 amide bonds. The highest BCUT2D eigenvalue weighted by Crippen LogP contribution is 2.47. The Bertz CT molecular complexity index is 583. The number of rotatable bonds is 1. The SMILES string of the molecule is CN1CC2(CC2)Oc2ncc(S(=O)(=O)Cl)cc21. The second-order valence-corrected chi connectivity index (χ2v) is 7.14. The van der Waals surface area contributed by atoms with Gasteiger partial charge < -0.3 is 9.64 Å². The normalized spacial score (nSPS) is 20.9. The monoisotopic (exact) mass is 274 g/mol. The van der Waals surface area contributed by atoms with Crippen LogP contribution in [0, 0.1) is 0 Å². The minimum atomic E-state index is -3.75. The van der Waals surface area contributed by atoms with E-state index in [1.54, 1.807) is 0 Å². The van der Waals surface area contributed by atoms with Crippen LogP contribution in [0.5, 0.6) is 5.88 Å². The number of fused-ring (bicyclic) bond motifs is 1. The summed E-state index contributed by atoms with van der Waals surface area (Å²) in [4.78, 5) is 6.01. The number of hydrogen-bond donors (Lipinski definition) is 0. The second kappa shape index (κ2) is 3.26. The van der Waals surface area contributed by atoms with Gasteiger partial charge in [-0.2, -0.15) is 0 Å². The summed E-state index contributed by atoms with van der Waals surface area (Å²) in [6.07, 6.45) is 3.28. The fraction of sp³-hybridized carbons (Fsp3) is 0.500. The Balaban J connectivity index is 2.07. The maximum atomic E-state index is 11.2. The van der Waals surface area contributed by atoms with E-state index in [0.29, 0.717) is 11.6 Å². The molecule has 1 aromatic heterocycles. The molecule has 7 heteroatoms. The lowest BCUT2D eigenvalue weighted by Gasteiger charge is -2.33. The summed E-state index contributed by atoms with van der Waals surface area (Å²) in [5.74, 6) is 0.486. The summed E-state index contributed by atoms with van der Waals surface area (Å²) in [7, 11) is 3.44. The van der Waals surface area contributed by atoms with E-state index in [2.05, 4.69) is 4.98 Å². The Labute approximate surface area is 104 Å². The molecule has 0 atom stereocenters. The second-order valence-electron chi connectivity index (χ2n) is 4.57. The van der Waals surface area contributed by atoms with Crippen molar-refractivity contribution in [2.24, 2.45) is 0 Å².